The summed E-state index contributed by atoms with van der Waals surface area (Å²) in [4.78, 5) is 33.1. The Morgan fingerprint density at radius 1 is 1.05 bits per heavy atom. The average molecular weight is 315 g/mol. The van der Waals surface area contributed by atoms with Gasteiger partial charge in [0.05, 0.1) is 11.3 Å². The number of amides is 2. The summed E-state index contributed by atoms with van der Waals surface area (Å²) in [7, 11) is 0. The molecule has 2 amide bonds. The number of piperazine rings is 1. The molecule has 0 aliphatic carbocycles. The Morgan fingerprint density at radius 3 is 2.45 bits per heavy atom. The van der Waals surface area contributed by atoms with Crippen molar-refractivity contribution in [3.63, 3.8) is 0 Å². The van der Waals surface area contributed by atoms with E-state index in [4.69, 9.17) is 0 Å². The second-order valence-electron chi connectivity index (χ2n) is 5.15. The van der Waals surface area contributed by atoms with Crippen molar-refractivity contribution in [3.8, 4) is 0 Å². The van der Waals surface area contributed by atoms with Crippen molar-refractivity contribution >= 4 is 23.2 Å². The number of thiophene rings is 1. The van der Waals surface area contributed by atoms with E-state index in [1.165, 1.54) is 11.3 Å². The molecule has 0 radical (unpaired) electrons. The number of carbonyl (C=O) groups excluding carboxylic acids is 2. The lowest BCUT2D eigenvalue weighted by Crippen LogP contribution is -2.50. The van der Waals surface area contributed by atoms with Crippen LogP contribution in [0.1, 0.15) is 15.4 Å². The molecule has 5 nitrogen and oxygen atoms in total. The minimum atomic E-state index is 0.0619. The molecule has 0 N–H and O–H groups in total. The molecule has 2 aromatic rings. The van der Waals surface area contributed by atoms with Gasteiger partial charge in [-0.15, -0.1) is 11.3 Å². The number of rotatable bonds is 3. The molecule has 1 aliphatic heterocycles. The van der Waals surface area contributed by atoms with Gasteiger partial charge in [0.25, 0.3) is 5.91 Å². The molecule has 1 aliphatic rings. The normalized spacial score (nSPS) is 14.9. The first-order valence-electron chi connectivity index (χ1n) is 7.24. The molecule has 3 rings (SSSR count). The fourth-order valence-corrected chi connectivity index (χ4v) is 3.18. The van der Waals surface area contributed by atoms with Gasteiger partial charge in [0.15, 0.2) is 0 Å². The van der Waals surface area contributed by atoms with E-state index in [9.17, 15) is 9.59 Å². The van der Waals surface area contributed by atoms with Gasteiger partial charge in [-0.25, -0.2) is 0 Å². The predicted molar refractivity (Wildman–Crippen MR) is 84.7 cm³/mol. The van der Waals surface area contributed by atoms with Crippen LogP contribution in [0.3, 0.4) is 0 Å². The topological polar surface area (TPSA) is 53.5 Å². The van der Waals surface area contributed by atoms with E-state index in [1.807, 2.05) is 45.5 Å². The summed E-state index contributed by atoms with van der Waals surface area (Å²) in [5.74, 6) is 0.133. The third kappa shape index (κ3) is 3.33. The van der Waals surface area contributed by atoms with Gasteiger partial charge in [-0.3, -0.25) is 14.6 Å². The molecule has 22 heavy (non-hydrogen) atoms. The maximum atomic E-state index is 12.3. The zero-order valence-corrected chi connectivity index (χ0v) is 13.0. The van der Waals surface area contributed by atoms with Gasteiger partial charge in [-0.1, -0.05) is 12.1 Å². The average Bonchev–Trinajstić information content (AvgIpc) is 3.10. The van der Waals surface area contributed by atoms with Crippen molar-refractivity contribution in [1.82, 2.24) is 14.8 Å². The lowest BCUT2D eigenvalue weighted by Gasteiger charge is -2.34. The smallest absolute Gasteiger partial charge is 0.264 e. The molecule has 0 spiro atoms. The standard InChI is InChI=1S/C16H17N3O2S/c20-15(12-13-4-1-2-6-17-13)18-7-9-19(10-8-18)16(21)14-5-3-11-22-14/h1-6,11H,7-10,12H2. The van der Waals surface area contributed by atoms with Crippen LogP contribution in [0.25, 0.3) is 0 Å². The van der Waals surface area contributed by atoms with Gasteiger partial charge < -0.3 is 9.80 Å². The lowest BCUT2D eigenvalue weighted by atomic mass is 10.2. The number of aromatic nitrogens is 1. The second kappa shape index (κ2) is 6.70. The van der Waals surface area contributed by atoms with Crippen LogP contribution >= 0.6 is 11.3 Å². The molecule has 1 fully saturated rings. The van der Waals surface area contributed by atoms with Gasteiger partial charge in [-0.05, 0) is 23.6 Å². The Balaban J connectivity index is 1.53. The first-order chi connectivity index (χ1) is 10.7. The molecule has 3 heterocycles. The maximum absolute atomic E-state index is 12.3. The van der Waals surface area contributed by atoms with E-state index >= 15 is 0 Å². The Labute approximate surface area is 133 Å². The first kappa shape index (κ1) is 14.7. The maximum Gasteiger partial charge on any atom is 0.264 e. The predicted octanol–water partition coefficient (Wildman–Crippen LogP) is 1.67. The lowest BCUT2D eigenvalue weighted by molar-refractivity contribution is -0.132. The van der Waals surface area contributed by atoms with E-state index in [-0.39, 0.29) is 11.8 Å². The Bertz CT molecular complexity index is 635. The van der Waals surface area contributed by atoms with Crippen LogP contribution in [0, 0.1) is 0 Å². The number of nitrogens with zero attached hydrogens (tertiary/aromatic N) is 3. The molecule has 0 saturated carbocycles. The Morgan fingerprint density at radius 2 is 1.82 bits per heavy atom. The van der Waals surface area contributed by atoms with Crippen LogP contribution in [0.5, 0.6) is 0 Å². The molecule has 0 atom stereocenters. The van der Waals surface area contributed by atoms with Crippen molar-refractivity contribution < 1.29 is 9.59 Å². The van der Waals surface area contributed by atoms with Gasteiger partial charge in [0, 0.05) is 38.1 Å². The summed E-state index contributed by atoms with van der Waals surface area (Å²) in [5.41, 5.74) is 0.782. The number of hydrogen-bond donors (Lipinski definition) is 0. The van der Waals surface area contributed by atoms with Crippen molar-refractivity contribution in [1.29, 1.82) is 0 Å². The quantitative estimate of drug-likeness (QED) is 0.866. The van der Waals surface area contributed by atoms with Crippen LogP contribution in [0.15, 0.2) is 41.9 Å². The minimum absolute atomic E-state index is 0.0619. The highest BCUT2D eigenvalue weighted by atomic mass is 32.1. The highest BCUT2D eigenvalue weighted by Gasteiger charge is 2.25. The van der Waals surface area contributed by atoms with E-state index in [0.29, 0.717) is 32.6 Å². The Hall–Kier alpha value is -2.21. The molecule has 0 bridgehead atoms. The highest BCUT2D eigenvalue weighted by Crippen LogP contribution is 2.14. The summed E-state index contributed by atoms with van der Waals surface area (Å²) in [6.45, 7) is 2.35. The van der Waals surface area contributed by atoms with Crippen LogP contribution < -0.4 is 0 Å². The summed E-state index contributed by atoms with van der Waals surface area (Å²) < 4.78 is 0. The largest absolute Gasteiger partial charge is 0.339 e. The molecular formula is C16H17N3O2S. The zero-order valence-electron chi connectivity index (χ0n) is 12.1. The third-order valence-corrected chi connectivity index (χ3v) is 4.57. The van der Waals surface area contributed by atoms with Crippen LogP contribution in [0.4, 0.5) is 0 Å². The molecule has 2 aromatic heterocycles. The SMILES string of the molecule is O=C(Cc1ccccn1)N1CCN(C(=O)c2cccs2)CC1. The van der Waals surface area contributed by atoms with Crippen molar-refractivity contribution in [2.45, 2.75) is 6.42 Å². The number of pyridine rings is 1. The van der Waals surface area contributed by atoms with E-state index in [0.717, 1.165) is 10.6 Å². The van der Waals surface area contributed by atoms with E-state index in [2.05, 4.69) is 4.98 Å². The second-order valence-corrected chi connectivity index (χ2v) is 6.10. The number of carbonyl (C=O) groups is 2. The summed E-state index contributed by atoms with van der Waals surface area (Å²) in [6.07, 6.45) is 2.01. The molecule has 6 heteroatoms. The van der Waals surface area contributed by atoms with Crippen molar-refractivity contribution in [2.75, 3.05) is 26.2 Å². The highest BCUT2D eigenvalue weighted by molar-refractivity contribution is 7.12. The zero-order chi connectivity index (χ0) is 15.4. The van der Waals surface area contributed by atoms with Crippen LogP contribution in [-0.2, 0) is 11.2 Å². The Kier molecular flexibility index (Phi) is 4.48. The first-order valence-corrected chi connectivity index (χ1v) is 8.12. The van der Waals surface area contributed by atoms with Crippen molar-refractivity contribution in [2.24, 2.45) is 0 Å². The van der Waals surface area contributed by atoms with Gasteiger partial charge in [-0.2, -0.15) is 0 Å². The summed E-state index contributed by atoms with van der Waals surface area (Å²) in [5, 5.41) is 1.90. The van der Waals surface area contributed by atoms with Crippen molar-refractivity contribution in [3.05, 3.63) is 52.5 Å². The van der Waals surface area contributed by atoms with Gasteiger partial charge >= 0.3 is 0 Å². The molecule has 0 aromatic carbocycles. The molecule has 114 valence electrons. The third-order valence-electron chi connectivity index (χ3n) is 3.71. The molecule has 1 saturated heterocycles. The van der Waals surface area contributed by atoms with E-state index in [1.54, 1.807) is 6.20 Å². The summed E-state index contributed by atoms with van der Waals surface area (Å²) >= 11 is 1.45. The van der Waals surface area contributed by atoms with Crippen LogP contribution in [-0.4, -0.2) is 52.8 Å². The monoisotopic (exact) mass is 315 g/mol. The summed E-state index contributed by atoms with van der Waals surface area (Å²) in [6, 6.07) is 9.29. The fraction of sp³-hybridized carbons (Fsp3) is 0.312. The van der Waals surface area contributed by atoms with E-state index < -0.39 is 0 Å². The molecular weight excluding hydrogens is 298 g/mol. The minimum Gasteiger partial charge on any atom is -0.339 e. The van der Waals surface area contributed by atoms with Crippen LogP contribution in [0.2, 0.25) is 0 Å². The fourth-order valence-electron chi connectivity index (χ4n) is 2.48. The van der Waals surface area contributed by atoms with Gasteiger partial charge in [0.1, 0.15) is 0 Å². The number of hydrogen-bond acceptors (Lipinski definition) is 4. The molecule has 0 unspecified atom stereocenters. The van der Waals surface area contributed by atoms with Gasteiger partial charge in [0.2, 0.25) is 5.91 Å².